The Morgan fingerprint density at radius 3 is 2.31 bits per heavy atom. The lowest BCUT2D eigenvalue weighted by Gasteiger charge is -2.23. The molecule has 0 saturated heterocycles. The van der Waals surface area contributed by atoms with Crippen molar-refractivity contribution in [2.24, 2.45) is 5.73 Å². The fraction of sp³-hybridized carbons (Fsp3) is 1.00. The van der Waals surface area contributed by atoms with Crippen molar-refractivity contribution in [1.29, 1.82) is 0 Å². The van der Waals surface area contributed by atoms with Crippen LogP contribution in [0.25, 0.3) is 0 Å². The molecule has 1 unspecified atom stereocenters. The molecule has 0 aromatic carbocycles. The molecule has 3 heteroatoms. The lowest BCUT2D eigenvalue weighted by molar-refractivity contribution is 0.0605. The summed E-state index contributed by atoms with van der Waals surface area (Å²) in [4.78, 5) is 2.21. The van der Waals surface area contributed by atoms with E-state index in [0.29, 0.717) is 0 Å². The van der Waals surface area contributed by atoms with E-state index in [1.54, 1.807) is 0 Å². The van der Waals surface area contributed by atoms with Crippen LogP contribution in [0, 0.1) is 0 Å². The summed E-state index contributed by atoms with van der Waals surface area (Å²) in [7, 11) is 2.06. The molecule has 0 fully saturated rings. The summed E-state index contributed by atoms with van der Waals surface area (Å²) in [6.45, 7) is 7.63. The fourth-order valence-electron chi connectivity index (χ4n) is 1.00. The Labute approximate surface area is 81.9 Å². The molecule has 0 aliphatic carbocycles. The highest BCUT2D eigenvalue weighted by Crippen LogP contribution is 2.07. The van der Waals surface area contributed by atoms with E-state index in [2.05, 4.69) is 11.9 Å². The van der Waals surface area contributed by atoms with Gasteiger partial charge in [-0.2, -0.15) is 0 Å². The summed E-state index contributed by atoms with van der Waals surface area (Å²) in [5, 5.41) is 9.49. The van der Waals surface area contributed by atoms with Gasteiger partial charge in [0.1, 0.15) is 0 Å². The average Bonchev–Trinajstić information content (AvgIpc) is 1.95. The molecule has 80 valence electrons. The van der Waals surface area contributed by atoms with Gasteiger partial charge in [0.15, 0.2) is 0 Å². The van der Waals surface area contributed by atoms with E-state index in [4.69, 9.17) is 5.73 Å². The van der Waals surface area contributed by atoms with Crippen molar-refractivity contribution in [3.8, 4) is 0 Å². The van der Waals surface area contributed by atoms with Crippen LogP contribution in [0.2, 0.25) is 0 Å². The Bertz CT molecular complexity index is 129. The second kappa shape index (κ2) is 5.58. The Balaban J connectivity index is 3.46. The molecule has 0 heterocycles. The van der Waals surface area contributed by atoms with Crippen LogP contribution >= 0.6 is 0 Å². The molecule has 0 spiro atoms. The second-order valence-electron chi connectivity index (χ2n) is 4.63. The molecule has 0 aromatic heterocycles. The normalized spacial score (nSPS) is 15.0. The monoisotopic (exact) mass is 188 g/mol. The van der Waals surface area contributed by atoms with Gasteiger partial charge >= 0.3 is 0 Å². The summed E-state index contributed by atoms with van der Waals surface area (Å²) < 4.78 is 0. The van der Waals surface area contributed by atoms with Crippen molar-refractivity contribution in [3.05, 3.63) is 0 Å². The minimum absolute atomic E-state index is 0.268. The summed E-state index contributed by atoms with van der Waals surface area (Å²) in [5.41, 5.74) is 5.09. The van der Waals surface area contributed by atoms with Gasteiger partial charge in [-0.15, -0.1) is 0 Å². The van der Waals surface area contributed by atoms with Crippen LogP contribution in [-0.4, -0.2) is 41.8 Å². The first-order valence-corrected chi connectivity index (χ1v) is 4.98. The van der Waals surface area contributed by atoms with Gasteiger partial charge < -0.3 is 15.7 Å². The SMILES string of the molecule is CC(N)CCN(C)CCC(C)(C)O. The summed E-state index contributed by atoms with van der Waals surface area (Å²) in [5.74, 6) is 0. The topological polar surface area (TPSA) is 49.5 Å². The molecule has 0 aliphatic heterocycles. The summed E-state index contributed by atoms with van der Waals surface area (Å²) in [6, 6.07) is 0.268. The van der Waals surface area contributed by atoms with Crippen LogP contribution in [0.15, 0.2) is 0 Å². The van der Waals surface area contributed by atoms with Gasteiger partial charge in [-0.25, -0.2) is 0 Å². The van der Waals surface area contributed by atoms with E-state index in [-0.39, 0.29) is 6.04 Å². The van der Waals surface area contributed by atoms with Crippen LogP contribution in [0.3, 0.4) is 0 Å². The number of nitrogens with two attached hydrogens (primary N) is 1. The van der Waals surface area contributed by atoms with Crippen LogP contribution in [-0.2, 0) is 0 Å². The van der Waals surface area contributed by atoms with E-state index >= 15 is 0 Å². The molecule has 0 aliphatic rings. The number of rotatable bonds is 6. The number of hydrogen-bond donors (Lipinski definition) is 2. The van der Waals surface area contributed by atoms with Gasteiger partial charge in [0.05, 0.1) is 5.60 Å². The third kappa shape index (κ3) is 9.80. The number of nitrogens with zero attached hydrogens (tertiary/aromatic N) is 1. The largest absolute Gasteiger partial charge is 0.390 e. The quantitative estimate of drug-likeness (QED) is 0.649. The number of aliphatic hydroxyl groups is 1. The standard InChI is InChI=1S/C10H24N2O/c1-9(11)5-7-12(4)8-6-10(2,3)13/h9,13H,5-8,11H2,1-4H3. The van der Waals surface area contributed by atoms with Crippen molar-refractivity contribution < 1.29 is 5.11 Å². The fourth-order valence-corrected chi connectivity index (χ4v) is 1.00. The Kier molecular flexibility index (Phi) is 5.53. The maximum absolute atomic E-state index is 9.49. The number of hydrogen-bond acceptors (Lipinski definition) is 3. The van der Waals surface area contributed by atoms with Crippen LogP contribution in [0.5, 0.6) is 0 Å². The molecule has 1 atom stereocenters. The van der Waals surface area contributed by atoms with Crippen molar-refractivity contribution in [1.82, 2.24) is 4.90 Å². The van der Waals surface area contributed by atoms with Crippen molar-refractivity contribution >= 4 is 0 Å². The van der Waals surface area contributed by atoms with Gasteiger partial charge in [0.2, 0.25) is 0 Å². The van der Waals surface area contributed by atoms with Crippen molar-refractivity contribution in [3.63, 3.8) is 0 Å². The van der Waals surface area contributed by atoms with Crippen LogP contribution < -0.4 is 5.73 Å². The molecule has 3 N–H and O–H groups in total. The van der Waals surface area contributed by atoms with Crippen LogP contribution in [0.4, 0.5) is 0 Å². The predicted octanol–water partition coefficient (Wildman–Crippen LogP) is 0.817. The van der Waals surface area contributed by atoms with E-state index in [9.17, 15) is 5.11 Å². The molecule has 0 amide bonds. The lowest BCUT2D eigenvalue weighted by Crippen LogP contribution is -2.31. The van der Waals surface area contributed by atoms with Gasteiger partial charge in [0.25, 0.3) is 0 Å². The Morgan fingerprint density at radius 1 is 1.38 bits per heavy atom. The molecule has 13 heavy (non-hydrogen) atoms. The smallest absolute Gasteiger partial charge is 0.0603 e. The first kappa shape index (κ1) is 12.9. The first-order valence-electron chi connectivity index (χ1n) is 4.98. The van der Waals surface area contributed by atoms with E-state index < -0.39 is 5.60 Å². The maximum Gasteiger partial charge on any atom is 0.0603 e. The zero-order valence-corrected chi connectivity index (χ0v) is 9.38. The highest BCUT2D eigenvalue weighted by molar-refractivity contribution is 4.67. The zero-order chi connectivity index (χ0) is 10.5. The van der Waals surface area contributed by atoms with Crippen LogP contribution in [0.1, 0.15) is 33.6 Å². The Hall–Kier alpha value is -0.120. The van der Waals surface area contributed by atoms with Crippen molar-refractivity contribution in [2.75, 3.05) is 20.1 Å². The summed E-state index contributed by atoms with van der Waals surface area (Å²) in [6.07, 6.45) is 1.82. The summed E-state index contributed by atoms with van der Waals surface area (Å²) >= 11 is 0. The van der Waals surface area contributed by atoms with E-state index in [1.165, 1.54) is 0 Å². The minimum atomic E-state index is -0.553. The maximum atomic E-state index is 9.49. The molecule has 0 aromatic rings. The molecular weight excluding hydrogens is 164 g/mol. The molecule has 0 saturated carbocycles. The average molecular weight is 188 g/mol. The lowest BCUT2D eigenvalue weighted by atomic mass is 10.1. The first-order chi connectivity index (χ1) is 5.81. The van der Waals surface area contributed by atoms with E-state index in [1.807, 2.05) is 20.8 Å². The second-order valence-corrected chi connectivity index (χ2v) is 4.63. The van der Waals surface area contributed by atoms with Gasteiger partial charge in [0, 0.05) is 12.6 Å². The molecule has 0 radical (unpaired) electrons. The van der Waals surface area contributed by atoms with Gasteiger partial charge in [-0.1, -0.05) is 0 Å². The highest BCUT2D eigenvalue weighted by atomic mass is 16.3. The van der Waals surface area contributed by atoms with Gasteiger partial charge in [-0.3, -0.25) is 0 Å². The predicted molar refractivity (Wildman–Crippen MR) is 56.7 cm³/mol. The molecule has 0 rings (SSSR count). The molecular formula is C10H24N2O. The van der Waals surface area contributed by atoms with Gasteiger partial charge in [-0.05, 0) is 47.2 Å². The zero-order valence-electron chi connectivity index (χ0n) is 9.38. The Morgan fingerprint density at radius 2 is 1.92 bits per heavy atom. The third-order valence-corrected chi connectivity index (χ3v) is 2.07. The van der Waals surface area contributed by atoms with E-state index in [0.717, 1.165) is 25.9 Å². The highest BCUT2D eigenvalue weighted by Gasteiger charge is 2.13. The minimum Gasteiger partial charge on any atom is -0.390 e. The molecule has 0 bridgehead atoms. The third-order valence-electron chi connectivity index (χ3n) is 2.07. The van der Waals surface area contributed by atoms with Crippen molar-refractivity contribution in [2.45, 2.75) is 45.3 Å². The molecule has 3 nitrogen and oxygen atoms in total.